The molecule has 0 spiro atoms. The molecule has 1 amide bonds. The number of hydrogen-bond donors (Lipinski definition) is 2. The van der Waals surface area contributed by atoms with Crippen molar-refractivity contribution in [2.75, 3.05) is 18.5 Å². The number of rotatable bonds is 6. The van der Waals surface area contributed by atoms with Crippen molar-refractivity contribution >= 4 is 37.5 Å². The normalized spacial score (nSPS) is 11.3. The maximum atomic E-state index is 11.5. The highest BCUT2D eigenvalue weighted by molar-refractivity contribution is 9.10. The minimum absolute atomic E-state index is 0.0345. The number of carbonyl (C=O) groups excluding carboxylic acids is 1. The van der Waals surface area contributed by atoms with Crippen molar-refractivity contribution in [3.05, 3.63) is 22.7 Å². The molecule has 0 radical (unpaired) electrons. The molecule has 0 aliphatic heterocycles. The predicted octanol–water partition coefficient (Wildman–Crippen LogP) is 1.46. The minimum Gasteiger partial charge on any atom is -0.372 e. The van der Waals surface area contributed by atoms with Crippen molar-refractivity contribution in [1.82, 2.24) is 0 Å². The molecule has 0 aromatic heterocycles. The van der Waals surface area contributed by atoms with Gasteiger partial charge >= 0.3 is 0 Å². The SMILES string of the molecule is CCCOCC(=O)Nc1ccc(S(N)(=O)=O)c(Br)c1. The average Bonchev–Trinajstić information content (AvgIpc) is 2.27. The van der Waals surface area contributed by atoms with E-state index in [4.69, 9.17) is 9.88 Å². The van der Waals surface area contributed by atoms with Gasteiger partial charge in [0.1, 0.15) is 6.61 Å². The van der Waals surface area contributed by atoms with Gasteiger partial charge in [0.25, 0.3) is 0 Å². The number of hydrogen-bond acceptors (Lipinski definition) is 4. The first kappa shape index (κ1) is 16.1. The van der Waals surface area contributed by atoms with Crippen molar-refractivity contribution in [3.8, 4) is 0 Å². The molecule has 0 bridgehead atoms. The van der Waals surface area contributed by atoms with Gasteiger partial charge in [-0.15, -0.1) is 0 Å². The summed E-state index contributed by atoms with van der Waals surface area (Å²) < 4.78 is 27.8. The summed E-state index contributed by atoms with van der Waals surface area (Å²) in [6.07, 6.45) is 0.835. The molecule has 1 rings (SSSR count). The number of nitrogens with one attached hydrogen (secondary N) is 1. The van der Waals surface area contributed by atoms with E-state index in [0.29, 0.717) is 16.8 Å². The number of benzene rings is 1. The summed E-state index contributed by atoms with van der Waals surface area (Å²) in [6, 6.07) is 4.25. The van der Waals surface area contributed by atoms with E-state index in [1.807, 2.05) is 6.92 Å². The van der Waals surface area contributed by atoms with Gasteiger partial charge in [-0.25, -0.2) is 13.6 Å². The number of nitrogens with two attached hydrogens (primary N) is 1. The van der Waals surface area contributed by atoms with Crippen LogP contribution >= 0.6 is 15.9 Å². The van der Waals surface area contributed by atoms with Gasteiger partial charge in [-0.2, -0.15) is 0 Å². The molecule has 8 heteroatoms. The summed E-state index contributed by atoms with van der Waals surface area (Å²) in [4.78, 5) is 11.5. The highest BCUT2D eigenvalue weighted by Crippen LogP contribution is 2.24. The summed E-state index contributed by atoms with van der Waals surface area (Å²) in [5, 5.41) is 7.62. The molecule has 106 valence electrons. The highest BCUT2D eigenvalue weighted by atomic mass is 79.9. The first-order valence-corrected chi connectivity index (χ1v) is 7.88. The Kier molecular flexibility index (Phi) is 5.92. The highest BCUT2D eigenvalue weighted by Gasteiger charge is 2.13. The Balaban J connectivity index is 2.72. The van der Waals surface area contributed by atoms with Crippen molar-refractivity contribution in [1.29, 1.82) is 0 Å². The maximum absolute atomic E-state index is 11.5. The van der Waals surface area contributed by atoms with Crippen molar-refractivity contribution < 1.29 is 17.9 Å². The van der Waals surface area contributed by atoms with Crippen molar-refractivity contribution in [2.24, 2.45) is 5.14 Å². The topological polar surface area (TPSA) is 98.5 Å². The van der Waals surface area contributed by atoms with Gasteiger partial charge in [0, 0.05) is 16.8 Å². The van der Waals surface area contributed by atoms with E-state index in [0.717, 1.165) is 6.42 Å². The van der Waals surface area contributed by atoms with Gasteiger partial charge in [-0.1, -0.05) is 6.92 Å². The quantitative estimate of drug-likeness (QED) is 0.758. The van der Waals surface area contributed by atoms with Crippen LogP contribution in [0.2, 0.25) is 0 Å². The monoisotopic (exact) mass is 350 g/mol. The fourth-order valence-electron chi connectivity index (χ4n) is 1.32. The molecule has 0 heterocycles. The Morgan fingerprint density at radius 3 is 2.68 bits per heavy atom. The van der Waals surface area contributed by atoms with Gasteiger partial charge in [0.05, 0.1) is 4.90 Å². The molecule has 0 saturated carbocycles. The lowest BCUT2D eigenvalue weighted by molar-refractivity contribution is -0.120. The first-order valence-electron chi connectivity index (χ1n) is 5.54. The van der Waals surface area contributed by atoms with Crippen molar-refractivity contribution in [3.63, 3.8) is 0 Å². The third-order valence-electron chi connectivity index (χ3n) is 2.10. The zero-order chi connectivity index (χ0) is 14.5. The molecule has 0 aliphatic rings. The van der Waals surface area contributed by atoms with Crippen LogP contribution in [-0.2, 0) is 19.6 Å². The Labute approximate surface area is 120 Å². The van der Waals surface area contributed by atoms with E-state index in [-0.39, 0.29) is 17.4 Å². The fourth-order valence-corrected chi connectivity index (χ4v) is 2.96. The molecule has 19 heavy (non-hydrogen) atoms. The van der Waals surface area contributed by atoms with Crippen molar-refractivity contribution in [2.45, 2.75) is 18.2 Å². The van der Waals surface area contributed by atoms with Crippen LogP contribution < -0.4 is 10.5 Å². The van der Waals surface area contributed by atoms with Crippen LogP contribution in [0.5, 0.6) is 0 Å². The summed E-state index contributed by atoms with van der Waals surface area (Å²) >= 11 is 3.09. The van der Waals surface area contributed by atoms with E-state index >= 15 is 0 Å². The fraction of sp³-hybridized carbons (Fsp3) is 0.364. The smallest absolute Gasteiger partial charge is 0.250 e. The maximum Gasteiger partial charge on any atom is 0.250 e. The molecule has 0 aliphatic carbocycles. The van der Waals surface area contributed by atoms with E-state index in [1.165, 1.54) is 18.2 Å². The second kappa shape index (κ2) is 6.99. The first-order chi connectivity index (χ1) is 8.84. The predicted molar refractivity (Wildman–Crippen MR) is 75.3 cm³/mol. The van der Waals surface area contributed by atoms with Crippen LogP contribution in [0.3, 0.4) is 0 Å². The number of primary sulfonamides is 1. The lowest BCUT2D eigenvalue weighted by Gasteiger charge is -2.08. The minimum atomic E-state index is -3.78. The van der Waals surface area contributed by atoms with E-state index in [2.05, 4.69) is 21.2 Å². The number of ether oxygens (including phenoxy) is 1. The zero-order valence-electron chi connectivity index (χ0n) is 10.3. The summed E-state index contributed by atoms with van der Waals surface area (Å²) in [5.74, 6) is -0.302. The molecule has 0 unspecified atom stereocenters. The molecular weight excluding hydrogens is 336 g/mol. The van der Waals surface area contributed by atoms with Crippen LogP contribution in [0.15, 0.2) is 27.6 Å². The van der Waals surface area contributed by atoms with Crippen LogP contribution in [0.25, 0.3) is 0 Å². The number of amides is 1. The largest absolute Gasteiger partial charge is 0.372 e. The molecule has 6 nitrogen and oxygen atoms in total. The summed E-state index contributed by atoms with van der Waals surface area (Å²) in [6.45, 7) is 2.42. The van der Waals surface area contributed by atoms with E-state index in [9.17, 15) is 13.2 Å². The lowest BCUT2D eigenvalue weighted by atomic mass is 10.3. The number of anilines is 1. The lowest BCUT2D eigenvalue weighted by Crippen LogP contribution is -2.19. The van der Waals surface area contributed by atoms with Gasteiger partial charge in [0.2, 0.25) is 15.9 Å². The second-order valence-electron chi connectivity index (χ2n) is 3.79. The number of sulfonamides is 1. The molecule has 0 saturated heterocycles. The molecule has 1 aromatic carbocycles. The molecule has 0 fully saturated rings. The third kappa shape index (κ3) is 5.27. The van der Waals surface area contributed by atoms with Crippen LogP contribution in [-0.4, -0.2) is 27.5 Å². The Morgan fingerprint density at radius 2 is 2.16 bits per heavy atom. The molecule has 0 atom stereocenters. The van der Waals surface area contributed by atoms with Gasteiger partial charge in [-0.3, -0.25) is 4.79 Å². The number of carbonyl (C=O) groups is 1. The Morgan fingerprint density at radius 1 is 1.47 bits per heavy atom. The average molecular weight is 351 g/mol. The molecular formula is C11H15BrN2O4S. The molecule has 3 N–H and O–H groups in total. The Hall–Kier alpha value is -0.960. The van der Waals surface area contributed by atoms with Crippen LogP contribution in [0.1, 0.15) is 13.3 Å². The van der Waals surface area contributed by atoms with Gasteiger partial charge < -0.3 is 10.1 Å². The number of halogens is 1. The van der Waals surface area contributed by atoms with E-state index in [1.54, 1.807) is 0 Å². The standard InChI is InChI=1S/C11H15BrN2O4S/c1-2-5-18-7-11(15)14-8-3-4-10(9(12)6-8)19(13,16)17/h3-4,6H,2,5,7H2,1H3,(H,14,15)(H2,13,16,17). The second-order valence-corrected chi connectivity index (χ2v) is 6.18. The summed E-state index contributed by atoms with van der Waals surface area (Å²) in [7, 11) is -3.78. The van der Waals surface area contributed by atoms with Gasteiger partial charge in [0.15, 0.2) is 0 Å². The zero-order valence-corrected chi connectivity index (χ0v) is 12.8. The van der Waals surface area contributed by atoms with Crippen LogP contribution in [0, 0.1) is 0 Å². The van der Waals surface area contributed by atoms with Gasteiger partial charge in [-0.05, 0) is 40.5 Å². The Bertz CT molecular complexity index is 560. The van der Waals surface area contributed by atoms with Crippen LogP contribution in [0.4, 0.5) is 5.69 Å². The third-order valence-corrected chi connectivity index (χ3v) is 3.99. The van der Waals surface area contributed by atoms with E-state index < -0.39 is 10.0 Å². The molecule has 1 aromatic rings. The summed E-state index contributed by atoms with van der Waals surface area (Å²) in [5.41, 5.74) is 0.462.